The molecular formula is C12H8ClFN2O4S. The van der Waals surface area contributed by atoms with Crippen LogP contribution in [-0.4, -0.2) is 24.5 Å². The molecule has 21 heavy (non-hydrogen) atoms. The summed E-state index contributed by atoms with van der Waals surface area (Å²) in [5.41, 5.74) is -0.168. The first-order valence-corrected chi connectivity index (χ1v) is 7.33. The van der Waals surface area contributed by atoms with Crippen LogP contribution in [0.1, 0.15) is 10.5 Å². The normalized spacial score (nSPS) is 11.1. The van der Waals surface area contributed by atoms with Crippen LogP contribution in [0.4, 0.5) is 10.1 Å². The lowest BCUT2D eigenvalue weighted by Crippen LogP contribution is -2.14. The average Bonchev–Trinajstić information content (AvgIpc) is 2.38. The third-order valence-corrected chi connectivity index (χ3v) is 4.28. The number of aromatic nitrogens is 1. The van der Waals surface area contributed by atoms with Crippen LogP contribution >= 0.6 is 11.6 Å². The molecule has 9 heteroatoms. The van der Waals surface area contributed by atoms with Crippen molar-refractivity contribution in [1.29, 1.82) is 0 Å². The van der Waals surface area contributed by atoms with E-state index in [4.69, 9.17) is 16.7 Å². The molecule has 0 atom stereocenters. The van der Waals surface area contributed by atoms with E-state index in [2.05, 4.69) is 9.71 Å². The zero-order valence-corrected chi connectivity index (χ0v) is 11.8. The zero-order valence-electron chi connectivity index (χ0n) is 10.2. The van der Waals surface area contributed by atoms with E-state index < -0.39 is 21.8 Å². The molecule has 0 bridgehead atoms. The summed E-state index contributed by atoms with van der Waals surface area (Å²) in [5, 5.41) is 8.43. The second-order valence-electron chi connectivity index (χ2n) is 3.92. The molecule has 0 radical (unpaired) electrons. The van der Waals surface area contributed by atoms with Gasteiger partial charge in [-0.3, -0.25) is 4.72 Å². The van der Waals surface area contributed by atoms with Gasteiger partial charge in [0.2, 0.25) is 0 Å². The van der Waals surface area contributed by atoms with Crippen molar-refractivity contribution in [1.82, 2.24) is 4.98 Å². The van der Waals surface area contributed by atoms with Gasteiger partial charge in [-0.15, -0.1) is 0 Å². The van der Waals surface area contributed by atoms with Crippen molar-refractivity contribution in [3.63, 3.8) is 0 Å². The Kier molecular flexibility index (Phi) is 4.10. The molecule has 2 rings (SSSR count). The number of benzene rings is 1. The number of carboxylic acid groups (broad SMARTS) is 1. The van der Waals surface area contributed by atoms with Crippen LogP contribution in [0.25, 0.3) is 0 Å². The molecule has 0 aliphatic rings. The summed E-state index contributed by atoms with van der Waals surface area (Å²) >= 11 is 5.69. The summed E-state index contributed by atoms with van der Waals surface area (Å²) in [6, 6.07) is 5.26. The number of sulfonamides is 1. The topological polar surface area (TPSA) is 96.4 Å². The number of halogens is 2. The average molecular weight is 331 g/mol. The van der Waals surface area contributed by atoms with E-state index in [1.165, 1.54) is 6.07 Å². The highest BCUT2D eigenvalue weighted by atomic mass is 35.5. The molecule has 2 N–H and O–H groups in total. The minimum absolute atomic E-state index is 0.0559. The van der Waals surface area contributed by atoms with Gasteiger partial charge < -0.3 is 5.11 Å². The molecule has 0 saturated carbocycles. The molecular weight excluding hydrogens is 323 g/mol. The van der Waals surface area contributed by atoms with Crippen LogP contribution in [0.3, 0.4) is 0 Å². The summed E-state index contributed by atoms with van der Waals surface area (Å²) in [7, 11) is -4.03. The Morgan fingerprint density at radius 1 is 1.29 bits per heavy atom. The van der Waals surface area contributed by atoms with Crippen LogP contribution in [0, 0.1) is 5.82 Å². The highest BCUT2D eigenvalue weighted by Gasteiger charge is 2.19. The summed E-state index contributed by atoms with van der Waals surface area (Å²) in [5.74, 6) is -1.89. The summed E-state index contributed by atoms with van der Waals surface area (Å²) in [6.07, 6.45) is 1.05. The van der Waals surface area contributed by atoms with Crippen LogP contribution in [0.2, 0.25) is 5.02 Å². The zero-order chi connectivity index (χ0) is 15.6. The highest BCUT2D eigenvalue weighted by Crippen LogP contribution is 2.24. The van der Waals surface area contributed by atoms with Gasteiger partial charge in [-0.2, -0.15) is 0 Å². The molecule has 6 nitrogen and oxygen atoms in total. The Balaban J connectivity index is 2.30. The summed E-state index contributed by atoms with van der Waals surface area (Å²) in [6.45, 7) is 0. The minimum atomic E-state index is -4.03. The van der Waals surface area contributed by atoms with Gasteiger partial charge >= 0.3 is 5.97 Å². The fourth-order valence-corrected chi connectivity index (χ4v) is 3.06. The van der Waals surface area contributed by atoms with Crippen LogP contribution < -0.4 is 4.72 Å². The number of anilines is 1. The van der Waals surface area contributed by atoms with Crippen LogP contribution in [0.5, 0.6) is 0 Å². The number of carbonyl (C=O) groups is 1. The fourth-order valence-electron chi connectivity index (χ4n) is 1.48. The van der Waals surface area contributed by atoms with Gasteiger partial charge in [0.05, 0.1) is 16.9 Å². The Bertz CT molecular complexity index is 793. The van der Waals surface area contributed by atoms with Gasteiger partial charge in [-0.25, -0.2) is 22.6 Å². The number of aromatic carboxylic acids is 1. The second-order valence-corrected chi connectivity index (χ2v) is 5.98. The number of carboxylic acids is 1. The predicted octanol–water partition coefficient (Wildman–Crippen LogP) is 2.37. The SMILES string of the molecule is O=C(O)c1ccc(NS(=O)(=O)c2ccc(F)cc2Cl)cn1. The van der Waals surface area contributed by atoms with E-state index in [9.17, 15) is 17.6 Å². The van der Waals surface area contributed by atoms with Crippen LogP contribution in [-0.2, 0) is 10.0 Å². The quantitative estimate of drug-likeness (QED) is 0.897. The smallest absolute Gasteiger partial charge is 0.354 e. The van der Waals surface area contributed by atoms with E-state index in [-0.39, 0.29) is 21.3 Å². The number of rotatable bonds is 4. The van der Waals surface area contributed by atoms with Gasteiger partial charge in [-0.1, -0.05) is 11.6 Å². The maximum Gasteiger partial charge on any atom is 0.354 e. The van der Waals surface area contributed by atoms with Gasteiger partial charge in [0.25, 0.3) is 10.0 Å². The molecule has 1 heterocycles. The summed E-state index contributed by atoms with van der Waals surface area (Å²) in [4.78, 5) is 13.9. The second kappa shape index (κ2) is 5.66. The van der Waals surface area contributed by atoms with Gasteiger partial charge in [0.1, 0.15) is 16.4 Å². The van der Waals surface area contributed by atoms with E-state index in [1.807, 2.05) is 0 Å². The molecule has 0 spiro atoms. The third kappa shape index (κ3) is 3.47. The Morgan fingerprint density at radius 2 is 2.00 bits per heavy atom. The number of nitrogens with one attached hydrogen (secondary N) is 1. The molecule has 0 saturated heterocycles. The molecule has 0 aliphatic heterocycles. The molecule has 1 aromatic heterocycles. The molecule has 0 unspecified atom stereocenters. The Morgan fingerprint density at radius 3 is 2.52 bits per heavy atom. The van der Waals surface area contributed by atoms with Crippen molar-refractivity contribution in [3.8, 4) is 0 Å². The lowest BCUT2D eigenvalue weighted by atomic mass is 10.3. The first-order valence-electron chi connectivity index (χ1n) is 5.47. The standard InChI is InChI=1S/C12H8ClFN2O4S/c13-9-5-7(14)1-4-11(9)21(19,20)16-8-2-3-10(12(17)18)15-6-8/h1-6,16H,(H,17,18). The van der Waals surface area contributed by atoms with Crippen molar-refractivity contribution in [2.24, 2.45) is 0 Å². The number of hydrogen-bond acceptors (Lipinski definition) is 4. The predicted molar refractivity (Wildman–Crippen MR) is 73.4 cm³/mol. The monoisotopic (exact) mass is 330 g/mol. The van der Waals surface area contributed by atoms with Crippen molar-refractivity contribution >= 4 is 33.3 Å². The number of nitrogens with zero attached hydrogens (tertiary/aromatic N) is 1. The number of hydrogen-bond donors (Lipinski definition) is 2. The van der Waals surface area contributed by atoms with E-state index in [0.717, 1.165) is 30.5 Å². The lowest BCUT2D eigenvalue weighted by Gasteiger charge is -2.09. The Hall–Kier alpha value is -2.19. The molecule has 0 fully saturated rings. The van der Waals surface area contributed by atoms with Crippen molar-refractivity contribution in [2.45, 2.75) is 4.90 Å². The largest absolute Gasteiger partial charge is 0.477 e. The van der Waals surface area contributed by atoms with Crippen molar-refractivity contribution in [2.75, 3.05) is 4.72 Å². The number of pyridine rings is 1. The maximum absolute atomic E-state index is 12.9. The molecule has 110 valence electrons. The maximum atomic E-state index is 12.9. The van der Waals surface area contributed by atoms with E-state index in [1.54, 1.807) is 0 Å². The molecule has 1 aromatic carbocycles. The minimum Gasteiger partial charge on any atom is -0.477 e. The highest BCUT2D eigenvalue weighted by molar-refractivity contribution is 7.92. The lowest BCUT2D eigenvalue weighted by molar-refractivity contribution is 0.0690. The first kappa shape index (κ1) is 15.2. The summed E-state index contributed by atoms with van der Waals surface area (Å²) < 4.78 is 39.3. The molecule has 0 aliphatic carbocycles. The van der Waals surface area contributed by atoms with Crippen molar-refractivity contribution < 1.29 is 22.7 Å². The molecule has 2 aromatic rings. The van der Waals surface area contributed by atoms with Gasteiger partial charge in [0, 0.05) is 0 Å². The van der Waals surface area contributed by atoms with Gasteiger partial charge in [0.15, 0.2) is 0 Å². The van der Waals surface area contributed by atoms with E-state index >= 15 is 0 Å². The molecule has 0 amide bonds. The van der Waals surface area contributed by atoms with E-state index in [0.29, 0.717) is 0 Å². The fraction of sp³-hybridized carbons (Fsp3) is 0. The Labute approximate surface area is 124 Å². The first-order chi connectivity index (χ1) is 9.79. The van der Waals surface area contributed by atoms with Gasteiger partial charge in [-0.05, 0) is 30.3 Å². The van der Waals surface area contributed by atoms with Crippen molar-refractivity contribution in [3.05, 3.63) is 53.1 Å². The van der Waals surface area contributed by atoms with Crippen LogP contribution in [0.15, 0.2) is 41.4 Å². The third-order valence-electron chi connectivity index (χ3n) is 2.42.